The van der Waals surface area contributed by atoms with Crippen LogP contribution in [-0.4, -0.2) is 4.98 Å². The number of aryl methyl sites for hydroxylation is 3. The van der Waals surface area contributed by atoms with Crippen LogP contribution in [0.2, 0.25) is 0 Å². The van der Waals surface area contributed by atoms with Crippen molar-refractivity contribution in [2.45, 2.75) is 32.6 Å². The minimum atomic E-state index is 0.829. The number of hydrogen-bond acceptors (Lipinski definition) is 2. The Morgan fingerprint density at radius 1 is 0.944 bits per heavy atom. The van der Waals surface area contributed by atoms with Crippen molar-refractivity contribution in [2.24, 2.45) is 0 Å². The second kappa shape index (κ2) is 6.20. The van der Waals surface area contributed by atoms with E-state index in [4.69, 9.17) is 5.73 Å². The van der Waals surface area contributed by atoms with Gasteiger partial charge in [0.2, 0.25) is 0 Å². The molecule has 0 aliphatic rings. The Morgan fingerprint density at radius 3 is 2.28 bits per heavy atom. The van der Waals surface area contributed by atoms with Crippen molar-refractivity contribution >= 4 is 5.69 Å². The number of benzene rings is 1. The van der Waals surface area contributed by atoms with E-state index in [9.17, 15) is 0 Å². The topological polar surface area (TPSA) is 38.9 Å². The largest absolute Gasteiger partial charge is 0.399 e. The van der Waals surface area contributed by atoms with E-state index >= 15 is 0 Å². The van der Waals surface area contributed by atoms with Crippen LogP contribution in [0.1, 0.15) is 30.2 Å². The maximum atomic E-state index is 5.66. The minimum absolute atomic E-state index is 0.829. The molecule has 1 aromatic carbocycles. The van der Waals surface area contributed by atoms with Crippen molar-refractivity contribution in [3.63, 3.8) is 0 Å². The fourth-order valence-corrected chi connectivity index (χ4v) is 1.97. The molecule has 2 heteroatoms. The van der Waals surface area contributed by atoms with Crippen LogP contribution in [0.25, 0.3) is 0 Å². The first kappa shape index (κ1) is 12.6. The van der Waals surface area contributed by atoms with Crippen LogP contribution >= 0.6 is 0 Å². The standard InChI is InChI=1S/C16H20N2/c1-2-13-8-11-16(18-12-13)5-3-4-14-6-9-15(17)10-7-14/h6-12H,2-5,17H2,1H3. The smallest absolute Gasteiger partial charge is 0.0403 e. The predicted molar refractivity (Wildman–Crippen MR) is 76.5 cm³/mol. The maximum Gasteiger partial charge on any atom is 0.0403 e. The normalized spacial score (nSPS) is 10.5. The van der Waals surface area contributed by atoms with Gasteiger partial charge in [-0.25, -0.2) is 0 Å². The zero-order valence-corrected chi connectivity index (χ0v) is 10.9. The highest BCUT2D eigenvalue weighted by molar-refractivity contribution is 5.39. The summed E-state index contributed by atoms with van der Waals surface area (Å²) >= 11 is 0. The third-order valence-corrected chi connectivity index (χ3v) is 3.17. The van der Waals surface area contributed by atoms with Crippen molar-refractivity contribution in [1.82, 2.24) is 4.98 Å². The Hall–Kier alpha value is -1.83. The third kappa shape index (κ3) is 3.59. The second-order valence-electron chi connectivity index (χ2n) is 4.61. The van der Waals surface area contributed by atoms with Crippen molar-refractivity contribution < 1.29 is 0 Å². The summed E-state index contributed by atoms with van der Waals surface area (Å²) in [5.74, 6) is 0. The maximum absolute atomic E-state index is 5.66. The van der Waals surface area contributed by atoms with Crippen molar-refractivity contribution in [3.8, 4) is 0 Å². The van der Waals surface area contributed by atoms with Crippen LogP contribution in [0.3, 0.4) is 0 Å². The molecule has 0 saturated carbocycles. The van der Waals surface area contributed by atoms with Crippen LogP contribution in [-0.2, 0) is 19.3 Å². The lowest BCUT2D eigenvalue weighted by molar-refractivity contribution is 0.797. The van der Waals surface area contributed by atoms with Gasteiger partial charge in [0.15, 0.2) is 0 Å². The van der Waals surface area contributed by atoms with E-state index in [0.717, 1.165) is 31.4 Å². The molecule has 0 amide bonds. The highest BCUT2D eigenvalue weighted by atomic mass is 14.7. The van der Waals surface area contributed by atoms with E-state index in [-0.39, 0.29) is 0 Å². The summed E-state index contributed by atoms with van der Waals surface area (Å²) in [6, 6.07) is 12.4. The zero-order valence-electron chi connectivity index (χ0n) is 10.9. The fraction of sp³-hybridized carbons (Fsp3) is 0.312. The quantitative estimate of drug-likeness (QED) is 0.813. The molecular weight excluding hydrogens is 220 g/mol. The third-order valence-electron chi connectivity index (χ3n) is 3.17. The molecule has 0 fully saturated rings. The lowest BCUT2D eigenvalue weighted by atomic mass is 10.1. The van der Waals surface area contributed by atoms with Crippen LogP contribution in [0.4, 0.5) is 5.69 Å². The van der Waals surface area contributed by atoms with Crippen molar-refractivity contribution in [1.29, 1.82) is 0 Å². The van der Waals surface area contributed by atoms with Crippen LogP contribution in [0.5, 0.6) is 0 Å². The summed E-state index contributed by atoms with van der Waals surface area (Å²) in [6.07, 6.45) is 6.28. The van der Waals surface area contributed by atoms with Gasteiger partial charge in [0.1, 0.15) is 0 Å². The number of aromatic nitrogens is 1. The Kier molecular flexibility index (Phi) is 4.35. The van der Waals surface area contributed by atoms with Crippen molar-refractivity contribution in [3.05, 3.63) is 59.4 Å². The van der Waals surface area contributed by atoms with E-state index in [1.807, 2.05) is 18.3 Å². The van der Waals surface area contributed by atoms with Gasteiger partial charge in [0.25, 0.3) is 0 Å². The van der Waals surface area contributed by atoms with E-state index < -0.39 is 0 Å². The Bertz CT molecular complexity index is 471. The first-order valence-electron chi connectivity index (χ1n) is 6.56. The monoisotopic (exact) mass is 240 g/mol. The molecule has 0 atom stereocenters. The Labute approximate surface area is 109 Å². The number of nitrogen functional groups attached to an aromatic ring is 1. The lowest BCUT2D eigenvalue weighted by Gasteiger charge is -2.03. The fourth-order valence-electron chi connectivity index (χ4n) is 1.97. The predicted octanol–water partition coefficient (Wildman–Crippen LogP) is 3.40. The van der Waals surface area contributed by atoms with Crippen molar-refractivity contribution in [2.75, 3.05) is 5.73 Å². The minimum Gasteiger partial charge on any atom is -0.399 e. The molecular formula is C16H20N2. The van der Waals surface area contributed by atoms with Gasteiger partial charge in [-0.2, -0.15) is 0 Å². The molecule has 2 nitrogen and oxygen atoms in total. The lowest BCUT2D eigenvalue weighted by Crippen LogP contribution is -1.94. The number of hydrogen-bond donors (Lipinski definition) is 1. The summed E-state index contributed by atoms with van der Waals surface area (Å²) in [5, 5.41) is 0. The number of rotatable bonds is 5. The van der Waals surface area contributed by atoms with Gasteiger partial charge in [0, 0.05) is 17.6 Å². The Morgan fingerprint density at radius 2 is 1.67 bits per heavy atom. The van der Waals surface area contributed by atoms with Gasteiger partial charge >= 0.3 is 0 Å². The summed E-state index contributed by atoms with van der Waals surface area (Å²) in [5.41, 5.74) is 10.3. The zero-order chi connectivity index (χ0) is 12.8. The number of nitrogens with two attached hydrogens (primary N) is 1. The molecule has 0 aliphatic heterocycles. The number of anilines is 1. The van der Waals surface area contributed by atoms with Gasteiger partial charge in [-0.1, -0.05) is 25.1 Å². The molecule has 0 saturated heterocycles. The second-order valence-corrected chi connectivity index (χ2v) is 4.61. The van der Waals surface area contributed by atoms with E-state index in [0.29, 0.717) is 0 Å². The van der Waals surface area contributed by atoms with Crippen LogP contribution < -0.4 is 5.73 Å². The summed E-state index contributed by atoms with van der Waals surface area (Å²) in [7, 11) is 0. The summed E-state index contributed by atoms with van der Waals surface area (Å²) < 4.78 is 0. The van der Waals surface area contributed by atoms with E-state index in [1.165, 1.54) is 16.8 Å². The molecule has 1 aromatic heterocycles. The number of pyridine rings is 1. The molecule has 2 rings (SSSR count). The van der Waals surface area contributed by atoms with Gasteiger partial charge in [-0.3, -0.25) is 4.98 Å². The van der Waals surface area contributed by atoms with Crippen LogP contribution in [0, 0.1) is 0 Å². The SMILES string of the molecule is CCc1ccc(CCCc2ccc(N)cc2)nc1. The molecule has 18 heavy (non-hydrogen) atoms. The number of nitrogens with zero attached hydrogens (tertiary/aromatic N) is 1. The summed E-state index contributed by atoms with van der Waals surface area (Å²) in [6.45, 7) is 2.15. The van der Waals surface area contributed by atoms with Gasteiger partial charge in [0.05, 0.1) is 0 Å². The first-order chi connectivity index (χ1) is 8.78. The van der Waals surface area contributed by atoms with E-state index in [1.54, 1.807) is 0 Å². The van der Waals surface area contributed by atoms with Crippen LogP contribution in [0.15, 0.2) is 42.6 Å². The molecule has 2 aromatic rings. The molecule has 0 bridgehead atoms. The van der Waals surface area contributed by atoms with E-state index in [2.05, 4.69) is 36.2 Å². The Balaban J connectivity index is 1.82. The molecule has 0 radical (unpaired) electrons. The molecule has 0 spiro atoms. The van der Waals surface area contributed by atoms with Gasteiger partial charge in [-0.15, -0.1) is 0 Å². The molecule has 0 aliphatic carbocycles. The average Bonchev–Trinajstić information content (AvgIpc) is 2.42. The van der Waals surface area contributed by atoms with Gasteiger partial charge < -0.3 is 5.73 Å². The highest BCUT2D eigenvalue weighted by Gasteiger charge is 1.97. The summed E-state index contributed by atoms with van der Waals surface area (Å²) in [4.78, 5) is 4.47. The molecule has 1 heterocycles. The average molecular weight is 240 g/mol. The highest BCUT2D eigenvalue weighted by Crippen LogP contribution is 2.10. The first-order valence-corrected chi connectivity index (χ1v) is 6.56. The van der Waals surface area contributed by atoms with Gasteiger partial charge in [-0.05, 0) is 55.0 Å². The molecule has 94 valence electrons. The molecule has 2 N–H and O–H groups in total. The molecule has 0 unspecified atom stereocenters.